The van der Waals surface area contributed by atoms with Gasteiger partial charge in [-0.15, -0.1) is 0 Å². The summed E-state index contributed by atoms with van der Waals surface area (Å²) in [7, 11) is 0. The van der Waals surface area contributed by atoms with E-state index in [0.29, 0.717) is 28.1 Å². The number of hydrogen-bond acceptors (Lipinski definition) is 4. The number of nitrogens with one attached hydrogen (secondary N) is 1. The van der Waals surface area contributed by atoms with E-state index in [1.54, 1.807) is 12.1 Å². The van der Waals surface area contributed by atoms with Crippen molar-refractivity contribution in [1.82, 2.24) is 9.55 Å². The molecule has 5 nitrogen and oxygen atoms in total. The lowest BCUT2D eigenvalue weighted by Crippen LogP contribution is -2.16. The van der Waals surface area contributed by atoms with Crippen LogP contribution < -0.4 is 10.7 Å². The van der Waals surface area contributed by atoms with E-state index in [-0.39, 0.29) is 17.6 Å². The maximum atomic E-state index is 13.2. The number of aromatic nitrogens is 2. The number of fused-ring (bicyclic) bond motifs is 1. The van der Waals surface area contributed by atoms with Crippen LogP contribution in [0.25, 0.3) is 16.7 Å². The molecule has 0 aliphatic rings. The number of anilines is 2. The van der Waals surface area contributed by atoms with E-state index in [2.05, 4.69) is 5.32 Å². The Hall–Kier alpha value is -4.51. The molecule has 0 aliphatic carbocycles. The van der Waals surface area contributed by atoms with Gasteiger partial charge in [0.1, 0.15) is 11.5 Å². The van der Waals surface area contributed by atoms with Crippen molar-refractivity contribution in [3.63, 3.8) is 0 Å². The molecule has 0 aliphatic heterocycles. The highest BCUT2D eigenvalue weighted by Crippen LogP contribution is 2.26. The average Bonchev–Trinajstić information content (AvgIpc) is 2.85. The SMILES string of the molecule is Cc1nc2c(cc1C(=O)Cc1ccccc1)c(=O)cc(Nc1ccccc1)n2-c1ccccc1. The van der Waals surface area contributed by atoms with Crippen molar-refractivity contribution < 1.29 is 4.79 Å². The number of pyridine rings is 2. The number of nitrogens with zero attached hydrogens (tertiary/aromatic N) is 2. The monoisotopic (exact) mass is 445 g/mol. The summed E-state index contributed by atoms with van der Waals surface area (Å²) < 4.78 is 1.92. The molecule has 2 aromatic heterocycles. The third kappa shape index (κ3) is 4.24. The third-order valence-electron chi connectivity index (χ3n) is 5.75. The van der Waals surface area contributed by atoms with Gasteiger partial charge in [0.25, 0.3) is 0 Å². The lowest BCUT2D eigenvalue weighted by Gasteiger charge is -2.18. The second-order valence-corrected chi connectivity index (χ2v) is 8.13. The van der Waals surface area contributed by atoms with Crippen LogP contribution in [-0.4, -0.2) is 15.3 Å². The number of hydrogen-bond donors (Lipinski definition) is 1. The van der Waals surface area contributed by atoms with Gasteiger partial charge in [0.05, 0.1) is 11.1 Å². The molecule has 3 aromatic carbocycles. The normalized spacial score (nSPS) is 10.9. The van der Waals surface area contributed by atoms with Gasteiger partial charge in [-0.2, -0.15) is 0 Å². The first kappa shape index (κ1) is 21.3. The molecule has 0 radical (unpaired) electrons. The molecule has 5 heteroatoms. The Morgan fingerprint density at radius 3 is 2.15 bits per heavy atom. The van der Waals surface area contributed by atoms with Gasteiger partial charge in [0, 0.05) is 29.4 Å². The summed E-state index contributed by atoms with van der Waals surface area (Å²) in [5.41, 5.74) is 4.02. The summed E-state index contributed by atoms with van der Waals surface area (Å²) >= 11 is 0. The molecular weight excluding hydrogens is 422 g/mol. The summed E-state index contributed by atoms with van der Waals surface area (Å²) in [5, 5.41) is 3.76. The van der Waals surface area contributed by atoms with Crippen LogP contribution >= 0.6 is 0 Å². The highest BCUT2D eigenvalue weighted by atomic mass is 16.1. The van der Waals surface area contributed by atoms with Gasteiger partial charge in [-0.25, -0.2) is 4.98 Å². The Morgan fingerprint density at radius 2 is 1.47 bits per heavy atom. The number of carbonyl (C=O) groups excluding carboxylic acids is 1. The minimum atomic E-state index is -0.193. The fourth-order valence-corrected chi connectivity index (χ4v) is 4.08. The van der Waals surface area contributed by atoms with Crippen LogP contribution in [0, 0.1) is 6.92 Å². The van der Waals surface area contributed by atoms with E-state index < -0.39 is 0 Å². The minimum absolute atomic E-state index is 0.0600. The van der Waals surface area contributed by atoms with Crippen LogP contribution in [0.15, 0.2) is 108 Å². The van der Waals surface area contributed by atoms with E-state index in [9.17, 15) is 9.59 Å². The Bertz CT molecular complexity index is 1530. The molecule has 0 atom stereocenters. The zero-order valence-electron chi connectivity index (χ0n) is 18.7. The van der Waals surface area contributed by atoms with Crippen molar-refractivity contribution in [3.05, 3.63) is 130 Å². The van der Waals surface area contributed by atoms with Crippen molar-refractivity contribution in [1.29, 1.82) is 0 Å². The Labute approximate surface area is 197 Å². The number of benzene rings is 3. The zero-order valence-corrected chi connectivity index (χ0v) is 18.7. The standard InChI is InChI=1S/C29H23N3O2/c1-20-24(26(33)17-21-11-5-2-6-12-21)18-25-27(34)19-28(31-22-13-7-3-8-14-22)32(29(25)30-20)23-15-9-4-10-16-23/h2-16,18-19,31H,17H2,1H3. The van der Waals surface area contributed by atoms with Gasteiger partial charge < -0.3 is 5.32 Å². The molecule has 166 valence electrons. The fraction of sp³-hybridized carbons (Fsp3) is 0.0690. The van der Waals surface area contributed by atoms with E-state index in [1.807, 2.05) is 102 Å². The summed E-state index contributed by atoms with van der Waals surface area (Å²) in [6.45, 7) is 1.81. The number of para-hydroxylation sites is 2. The molecular formula is C29H23N3O2. The summed E-state index contributed by atoms with van der Waals surface area (Å²) in [6, 6.07) is 32.3. The molecule has 0 amide bonds. The van der Waals surface area contributed by atoms with Gasteiger partial charge in [0.15, 0.2) is 11.2 Å². The number of Topliss-reactive ketones (excluding diaryl/α,β-unsaturated/α-hetero) is 1. The van der Waals surface area contributed by atoms with E-state index in [1.165, 1.54) is 0 Å². The number of ketones is 1. The van der Waals surface area contributed by atoms with Gasteiger partial charge in [-0.05, 0) is 42.8 Å². The fourth-order valence-electron chi connectivity index (χ4n) is 4.08. The molecule has 0 saturated heterocycles. The van der Waals surface area contributed by atoms with Gasteiger partial charge in [-0.1, -0.05) is 66.7 Å². The van der Waals surface area contributed by atoms with Crippen molar-refractivity contribution in [3.8, 4) is 5.69 Å². The lowest BCUT2D eigenvalue weighted by molar-refractivity contribution is 0.0992. The molecule has 0 spiro atoms. The molecule has 0 saturated carbocycles. The van der Waals surface area contributed by atoms with Crippen LogP contribution in [0.3, 0.4) is 0 Å². The first-order valence-electron chi connectivity index (χ1n) is 11.1. The van der Waals surface area contributed by atoms with Gasteiger partial charge in [-0.3, -0.25) is 14.2 Å². The van der Waals surface area contributed by atoms with E-state index in [4.69, 9.17) is 4.98 Å². The van der Waals surface area contributed by atoms with E-state index in [0.717, 1.165) is 16.9 Å². The minimum Gasteiger partial charge on any atom is -0.341 e. The number of carbonyl (C=O) groups is 1. The van der Waals surface area contributed by atoms with Crippen LogP contribution in [0.1, 0.15) is 21.6 Å². The van der Waals surface area contributed by atoms with Crippen molar-refractivity contribution in [2.75, 3.05) is 5.32 Å². The predicted octanol–water partition coefficient (Wildman–Crippen LogP) is 5.86. The number of rotatable bonds is 6. The quantitative estimate of drug-likeness (QED) is 0.332. The Morgan fingerprint density at radius 1 is 0.853 bits per heavy atom. The highest BCUT2D eigenvalue weighted by Gasteiger charge is 2.18. The topological polar surface area (TPSA) is 64.0 Å². The van der Waals surface area contributed by atoms with Gasteiger partial charge >= 0.3 is 0 Å². The molecule has 0 bridgehead atoms. The molecule has 1 N–H and O–H groups in total. The maximum Gasteiger partial charge on any atom is 0.193 e. The number of aryl methyl sites for hydroxylation is 1. The summed E-state index contributed by atoms with van der Waals surface area (Å²) in [6.07, 6.45) is 0.259. The van der Waals surface area contributed by atoms with E-state index >= 15 is 0 Å². The second-order valence-electron chi connectivity index (χ2n) is 8.13. The lowest BCUT2D eigenvalue weighted by atomic mass is 10.0. The first-order valence-corrected chi connectivity index (χ1v) is 11.1. The molecule has 2 heterocycles. The molecule has 5 rings (SSSR count). The van der Waals surface area contributed by atoms with Crippen LogP contribution in [0.2, 0.25) is 0 Å². The molecule has 5 aromatic rings. The van der Waals surface area contributed by atoms with Crippen molar-refractivity contribution in [2.45, 2.75) is 13.3 Å². The van der Waals surface area contributed by atoms with Crippen molar-refractivity contribution in [2.24, 2.45) is 0 Å². The molecule has 0 fully saturated rings. The largest absolute Gasteiger partial charge is 0.341 e. The smallest absolute Gasteiger partial charge is 0.193 e. The van der Waals surface area contributed by atoms with Gasteiger partial charge in [0.2, 0.25) is 0 Å². The van der Waals surface area contributed by atoms with Crippen LogP contribution in [0.4, 0.5) is 11.5 Å². The van der Waals surface area contributed by atoms with Crippen LogP contribution in [0.5, 0.6) is 0 Å². The van der Waals surface area contributed by atoms with Crippen LogP contribution in [-0.2, 0) is 6.42 Å². The predicted molar refractivity (Wildman–Crippen MR) is 136 cm³/mol. The average molecular weight is 446 g/mol. The Balaban J connectivity index is 1.67. The Kier molecular flexibility index (Phi) is 5.75. The molecule has 34 heavy (non-hydrogen) atoms. The highest BCUT2D eigenvalue weighted by molar-refractivity contribution is 6.01. The molecule has 0 unspecified atom stereocenters. The second kappa shape index (κ2) is 9.16. The first-order chi connectivity index (χ1) is 16.6. The third-order valence-corrected chi connectivity index (χ3v) is 5.75. The maximum absolute atomic E-state index is 13.2. The summed E-state index contributed by atoms with van der Waals surface area (Å²) in [4.78, 5) is 31.1. The zero-order chi connectivity index (χ0) is 23.5. The summed E-state index contributed by atoms with van der Waals surface area (Å²) in [5.74, 6) is 0.542. The van der Waals surface area contributed by atoms with Crippen molar-refractivity contribution >= 4 is 28.3 Å².